The molecule has 0 spiro atoms. The Morgan fingerprint density at radius 1 is 1.41 bits per heavy atom. The number of pyridine rings is 1. The molecule has 0 aliphatic carbocycles. The van der Waals surface area contributed by atoms with E-state index in [-0.39, 0.29) is 23.4 Å². The van der Waals surface area contributed by atoms with Crippen LogP contribution < -0.4 is 14.8 Å². The van der Waals surface area contributed by atoms with Crippen molar-refractivity contribution in [1.82, 2.24) is 15.0 Å². The van der Waals surface area contributed by atoms with Gasteiger partial charge in [0.1, 0.15) is 4.90 Å². The van der Waals surface area contributed by atoms with Crippen molar-refractivity contribution in [3.63, 3.8) is 0 Å². The number of alkyl halides is 3. The quantitative estimate of drug-likeness (QED) is 0.810. The largest absolute Gasteiger partial charge is 0.468 e. The third-order valence-electron chi connectivity index (χ3n) is 3.09. The summed E-state index contributed by atoms with van der Waals surface area (Å²) in [5.41, 5.74) is 0. The Kier molecular flexibility index (Phi) is 5.24. The Bertz CT molecular complexity index is 584. The maximum atomic E-state index is 12.0. The van der Waals surface area contributed by atoms with Crippen LogP contribution in [-0.2, 0) is 10.0 Å². The summed E-state index contributed by atoms with van der Waals surface area (Å²) in [5.74, 6) is -0.284. The highest BCUT2D eigenvalue weighted by molar-refractivity contribution is 7.89. The Morgan fingerprint density at radius 2 is 2.18 bits per heavy atom. The molecule has 0 radical (unpaired) electrons. The second-order valence-corrected chi connectivity index (χ2v) is 6.65. The molecule has 10 heteroatoms. The average molecular weight is 339 g/mol. The van der Waals surface area contributed by atoms with Crippen molar-refractivity contribution in [2.75, 3.05) is 19.7 Å². The predicted molar refractivity (Wildman–Crippen MR) is 72.0 cm³/mol. The first-order valence-corrected chi connectivity index (χ1v) is 8.13. The van der Waals surface area contributed by atoms with Gasteiger partial charge in [0, 0.05) is 18.7 Å². The van der Waals surface area contributed by atoms with Crippen LogP contribution in [0.15, 0.2) is 23.2 Å². The molecule has 1 fully saturated rings. The molecule has 0 saturated carbocycles. The van der Waals surface area contributed by atoms with Crippen molar-refractivity contribution in [3.8, 4) is 5.88 Å². The molecule has 0 aromatic carbocycles. The van der Waals surface area contributed by atoms with E-state index in [1.807, 2.05) is 0 Å². The van der Waals surface area contributed by atoms with Gasteiger partial charge in [-0.1, -0.05) is 0 Å². The topological polar surface area (TPSA) is 80.3 Å². The van der Waals surface area contributed by atoms with E-state index in [1.54, 1.807) is 0 Å². The van der Waals surface area contributed by atoms with Gasteiger partial charge in [-0.3, -0.25) is 0 Å². The normalized spacial score (nSPS) is 19.3. The van der Waals surface area contributed by atoms with Crippen LogP contribution in [0.3, 0.4) is 0 Å². The summed E-state index contributed by atoms with van der Waals surface area (Å²) in [6, 6.07) is 2.34. The zero-order chi connectivity index (χ0) is 16.2. The van der Waals surface area contributed by atoms with Crippen molar-refractivity contribution >= 4 is 10.0 Å². The Hall–Kier alpha value is -1.39. The molecule has 124 valence electrons. The third-order valence-corrected chi connectivity index (χ3v) is 4.49. The van der Waals surface area contributed by atoms with Crippen molar-refractivity contribution in [3.05, 3.63) is 18.3 Å². The summed E-state index contributed by atoms with van der Waals surface area (Å²) >= 11 is 0. The number of aromatic nitrogens is 1. The first kappa shape index (κ1) is 17.0. The third kappa shape index (κ3) is 5.11. The minimum atomic E-state index is -4.47. The summed E-state index contributed by atoms with van der Waals surface area (Å²) in [4.78, 5) is 3.45. The van der Waals surface area contributed by atoms with Crippen molar-refractivity contribution in [1.29, 1.82) is 0 Å². The second-order valence-electron chi connectivity index (χ2n) is 4.88. The van der Waals surface area contributed by atoms with E-state index in [0.717, 1.165) is 37.7 Å². The van der Waals surface area contributed by atoms with Crippen molar-refractivity contribution < 1.29 is 26.3 Å². The van der Waals surface area contributed by atoms with Gasteiger partial charge >= 0.3 is 6.18 Å². The summed E-state index contributed by atoms with van der Waals surface area (Å²) in [6.45, 7) is -0.356. The molecule has 1 aliphatic rings. The minimum Gasteiger partial charge on any atom is -0.468 e. The number of ether oxygens (including phenoxy) is 1. The number of hydrogen-bond acceptors (Lipinski definition) is 5. The highest BCUT2D eigenvalue weighted by Gasteiger charge is 2.28. The maximum Gasteiger partial charge on any atom is 0.422 e. The SMILES string of the molecule is O=S(=O)(NCC1CCCN1)c1ccc(OCC(F)(F)F)nc1. The maximum absolute atomic E-state index is 12.0. The van der Waals surface area contributed by atoms with E-state index in [2.05, 4.69) is 19.8 Å². The molecule has 2 N–H and O–H groups in total. The Morgan fingerprint density at radius 3 is 2.73 bits per heavy atom. The molecular weight excluding hydrogens is 323 g/mol. The van der Waals surface area contributed by atoms with Gasteiger partial charge in [-0.05, 0) is 25.5 Å². The molecule has 6 nitrogen and oxygen atoms in total. The monoisotopic (exact) mass is 339 g/mol. The Labute approximate surface area is 126 Å². The van der Waals surface area contributed by atoms with Gasteiger partial charge in [-0.2, -0.15) is 13.2 Å². The molecule has 1 aliphatic heterocycles. The van der Waals surface area contributed by atoms with E-state index in [1.165, 1.54) is 0 Å². The first-order chi connectivity index (χ1) is 10.3. The number of sulfonamides is 1. The molecular formula is C12H16F3N3O3S. The molecule has 1 unspecified atom stereocenters. The van der Waals surface area contributed by atoms with E-state index >= 15 is 0 Å². The van der Waals surface area contributed by atoms with Crippen LogP contribution in [0, 0.1) is 0 Å². The van der Waals surface area contributed by atoms with E-state index in [0.29, 0.717) is 0 Å². The molecule has 1 aromatic heterocycles. The molecule has 1 atom stereocenters. The van der Waals surface area contributed by atoms with Crippen LogP contribution >= 0.6 is 0 Å². The zero-order valence-corrected chi connectivity index (χ0v) is 12.4. The van der Waals surface area contributed by atoms with E-state index in [9.17, 15) is 21.6 Å². The summed E-state index contributed by atoms with van der Waals surface area (Å²) in [5, 5.41) is 3.15. The molecule has 0 amide bonds. The van der Waals surface area contributed by atoms with Crippen molar-refractivity contribution in [2.24, 2.45) is 0 Å². The van der Waals surface area contributed by atoms with Gasteiger partial charge in [0.05, 0.1) is 6.20 Å². The van der Waals surface area contributed by atoms with E-state index < -0.39 is 22.8 Å². The second kappa shape index (κ2) is 6.80. The predicted octanol–water partition coefficient (Wildman–Crippen LogP) is 1.05. The summed E-state index contributed by atoms with van der Waals surface area (Å²) < 4.78 is 66.9. The van der Waals surface area contributed by atoms with Crippen LogP contribution in [0.4, 0.5) is 13.2 Å². The smallest absolute Gasteiger partial charge is 0.422 e. The number of halogens is 3. The van der Waals surface area contributed by atoms with Gasteiger partial charge < -0.3 is 10.1 Å². The molecule has 2 rings (SSSR count). The Balaban J connectivity index is 1.93. The lowest BCUT2D eigenvalue weighted by Crippen LogP contribution is -2.37. The van der Waals surface area contributed by atoms with Crippen LogP contribution in [0.5, 0.6) is 5.88 Å². The van der Waals surface area contributed by atoms with Gasteiger partial charge in [0.2, 0.25) is 15.9 Å². The van der Waals surface area contributed by atoms with Gasteiger partial charge in [0.15, 0.2) is 6.61 Å². The number of rotatable bonds is 6. The standard InChI is InChI=1S/C12H16F3N3O3S/c13-12(14,15)8-21-11-4-3-10(7-17-11)22(19,20)18-6-9-2-1-5-16-9/h3-4,7,9,16,18H,1-2,5-6,8H2. The first-order valence-electron chi connectivity index (χ1n) is 6.65. The van der Waals surface area contributed by atoms with Crippen LogP contribution in [-0.4, -0.2) is 45.3 Å². The summed E-state index contributed by atoms with van der Waals surface area (Å²) in [6.07, 6.45) is -1.61. The van der Waals surface area contributed by atoms with Crippen molar-refractivity contribution in [2.45, 2.75) is 30.0 Å². The molecule has 0 bridgehead atoms. The average Bonchev–Trinajstić information content (AvgIpc) is 2.96. The lowest BCUT2D eigenvalue weighted by atomic mass is 10.2. The van der Waals surface area contributed by atoms with Gasteiger partial charge in [0.25, 0.3) is 0 Å². The van der Waals surface area contributed by atoms with Crippen LogP contribution in [0.1, 0.15) is 12.8 Å². The molecule has 1 aromatic rings. The highest BCUT2D eigenvalue weighted by atomic mass is 32.2. The summed E-state index contributed by atoms with van der Waals surface area (Å²) in [7, 11) is -3.74. The molecule has 2 heterocycles. The van der Waals surface area contributed by atoms with Crippen LogP contribution in [0.25, 0.3) is 0 Å². The van der Waals surface area contributed by atoms with Gasteiger partial charge in [-0.25, -0.2) is 18.1 Å². The molecule has 1 saturated heterocycles. The number of nitrogens with zero attached hydrogens (tertiary/aromatic N) is 1. The van der Waals surface area contributed by atoms with Crippen LogP contribution in [0.2, 0.25) is 0 Å². The fraction of sp³-hybridized carbons (Fsp3) is 0.583. The van der Waals surface area contributed by atoms with E-state index in [4.69, 9.17) is 0 Å². The fourth-order valence-electron chi connectivity index (χ4n) is 1.99. The fourth-order valence-corrected chi connectivity index (χ4v) is 3.02. The van der Waals surface area contributed by atoms with Gasteiger partial charge in [-0.15, -0.1) is 0 Å². The number of nitrogens with one attached hydrogen (secondary N) is 2. The lowest BCUT2D eigenvalue weighted by Gasteiger charge is -2.12. The zero-order valence-electron chi connectivity index (χ0n) is 11.6. The highest BCUT2D eigenvalue weighted by Crippen LogP contribution is 2.18. The lowest BCUT2D eigenvalue weighted by molar-refractivity contribution is -0.154. The minimum absolute atomic E-state index is 0.0946. The number of hydrogen-bond donors (Lipinski definition) is 2. The molecule has 22 heavy (non-hydrogen) atoms.